The molecule has 1 amide bonds. The van der Waals surface area contributed by atoms with Gasteiger partial charge in [-0.05, 0) is 42.3 Å². The number of ether oxygens (including phenoxy) is 3. The van der Waals surface area contributed by atoms with Crippen LogP contribution in [0.25, 0.3) is 0 Å². The molecular weight excluding hydrogens is 306 g/mol. The maximum absolute atomic E-state index is 12.1. The SMILES string of the molecule is CCOc1ccc(CNC(=O)Cc2ccc(OC)c(OC)c2)cc1. The normalized spacial score (nSPS) is 10.1. The topological polar surface area (TPSA) is 56.8 Å². The molecule has 0 radical (unpaired) electrons. The molecule has 1 N–H and O–H groups in total. The molecule has 0 heterocycles. The van der Waals surface area contributed by atoms with Crippen LogP contribution in [0.3, 0.4) is 0 Å². The molecule has 0 atom stereocenters. The smallest absolute Gasteiger partial charge is 0.224 e. The molecule has 0 saturated heterocycles. The highest BCUT2D eigenvalue weighted by molar-refractivity contribution is 5.78. The van der Waals surface area contributed by atoms with Gasteiger partial charge in [0.1, 0.15) is 5.75 Å². The van der Waals surface area contributed by atoms with Crippen molar-refractivity contribution in [1.29, 1.82) is 0 Å². The molecule has 2 aromatic rings. The average Bonchev–Trinajstić information content (AvgIpc) is 2.61. The van der Waals surface area contributed by atoms with Crippen LogP contribution in [-0.2, 0) is 17.8 Å². The number of carbonyl (C=O) groups excluding carboxylic acids is 1. The first-order valence-corrected chi connectivity index (χ1v) is 7.85. The Balaban J connectivity index is 1.89. The van der Waals surface area contributed by atoms with E-state index in [4.69, 9.17) is 14.2 Å². The summed E-state index contributed by atoms with van der Waals surface area (Å²) in [5.41, 5.74) is 1.90. The van der Waals surface area contributed by atoms with Crippen molar-refractivity contribution in [3.63, 3.8) is 0 Å². The summed E-state index contributed by atoms with van der Waals surface area (Å²) in [4.78, 5) is 12.1. The van der Waals surface area contributed by atoms with Crippen molar-refractivity contribution in [2.45, 2.75) is 19.9 Å². The van der Waals surface area contributed by atoms with Crippen LogP contribution in [0.2, 0.25) is 0 Å². The van der Waals surface area contributed by atoms with Crippen LogP contribution in [0.4, 0.5) is 0 Å². The van der Waals surface area contributed by atoms with Crippen LogP contribution < -0.4 is 19.5 Å². The van der Waals surface area contributed by atoms with Crippen LogP contribution in [0.5, 0.6) is 17.2 Å². The molecule has 24 heavy (non-hydrogen) atoms. The van der Waals surface area contributed by atoms with Gasteiger partial charge in [-0.2, -0.15) is 0 Å². The Labute approximate surface area is 142 Å². The molecule has 0 unspecified atom stereocenters. The monoisotopic (exact) mass is 329 g/mol. The second-order valence-corrected chi connectivity index (χ2v) is 5.22. The average molecular weight is 329 g/mol. The lowest BCUT2D eigenvalue weighted by Gasteiger charge is -2.10. The first-order valence-electron chi connectivity index (χ1n) is 7.85. The van der Waals surface area contributed by atoms with Gasteiger partial charge in [0, 0.05) is 6.54 Å². The fourth-order valence-corrected chi connectivity index (χ4v) is 2.31. The highest BCUT2D eigenvalue weighted by Gasteiger charge is 2.08. The van der Waals surface area contributed by atoms with Gasteiger partial charge in [-0.15, -0.1) is 0 Å². The lowest BCUT2D eigenvalue weighted by Crippen LogP contribution is -2.24. The number of rotatable bonds is 8. The first-order chi connectivity index (χ1) is 11.7. The van der Waals surface area contributed by atoms with E-state index >= 15 is 0 Å². The van der Waals surface area contributed by atoms with Gasteiger partial charge in [-0.25, -0.2) is 0 Å². The minimum Gasteiger partial charge on any atom is -0.494 e. The number of carbonyl (C=O) groups is 1. The summed E-state index contributed by atoms with van der Waals surface area (Å²) in [6, 6.07) is 13.2. The molecule has 0 bridgehead atoms. The summed E-state index contributed by atoms with van der Waals surface area (Å²) in [6.07, 6.45) is 0.289. The van der Waals surface area contributed by atoms with Crippen molar-refractivity contribution in [1.82, 2.24) is 5.32 Å². The van der Waals surface area contributed by atoms with Gasteiger partial charge in [-0.1, -0.05) is 18.2 Å². The number of benzene rings is 2. The molecule has 0 aliphatic heterocycles. The maximum atomic E-state index is 12.1. The van der Waals surface area contributed by atoms with Crippen LogP contribution in [-0.4, -0.2) is 26.7 Å². The van der Waals surface area contributed by atoms with Gasteiger partial charge in [0.2, 0.25) is 5.91 Å². The van der Waals surface area contributed by atoms with E-state index in [1.54, 1.807) is 20.3 Å². The van der Waals surface area contributed by atoms with Gasteiger partial charge in [0.15, 0.2) is 11.5 Å². The predicted octanol–water partition coefficient (Wildman–Crippen LogP) is 2.96. The van der Waals surface area contributed by atoms with Crippen molar-refractivity contribution >= 4 is 5.91 Å². The van der Waals surface area contributed by atoms with E-state index in [2.05, 4.69) is 5.32 Å². The third kappa shape index (κ3) is 4.91. The third-order valence-corrected chi connectivity index (χ3v) is 3.54. The highest BCUT2D eigenvalue weighted by Crippen LogP contribution is 2.27. The van der Waals surface area contributed by atoms with Crippen LogP contribution in [0.15, 0.2) is 42.5 Å². The Morgan fingerprint density at radius 3 is 2.25 bits per heavy atom. The van der Waals surface area contributed by atoms with Gasteiger partial charge in [0.05, 0.1) is 27.2 Å². The highest BCUT2D eigenvalue weighted by atomic mass is 16.5. The van der Waals surface area contributed by atoms with Crippen molar-refractivity contribution in [3.8, 4) is 17.2 Å². The van der Waals surface area contributed by atoms with E-state index in [0.29, 0.717) is 24.7 Å². The van der Waals surface area contributed by atoms with Crippen molar-refractivity contribution in [3.05, 3.63) is 53.6 Å². The standard InChI is InChI=1S/C19H23NO4/c1-4-24-16-8-5-14(6-9-16)13-20-19(21)12-15-7-10-17(22-2)18(11-15)23-3/h5-11H,4,12-13H2,1-3H3,(H,20,21). The molecule has 0 fully saturated rings. The number of nitrogens with one attached hydrogen (secondary N) is 1. The third-order valence-electron chi connectivity index (χ3n) is 3.54. The van der Waals surface area contributed by atoms with E-state index in [-0.39, 0.29) is 12.3 Å². The molecule has 0 spiro atoms. The molecule has 5 heteroatoms. The largest absolute Gasteiger partial charge is 0.494 e. The Morgan fingerprint density at radius 2 is 1.62 bits per heavy atom. The Morgan fingerprint density at radius 1 is 0.958 bits per heavy atom. The number of hydrogen-bond donors (Lipinski definition) is 1. The van der Waals surface area contributed by atoms with Gasteiger partial charge >= 0.3 is 0 Å². The van der Waals surface area contributed by atoms with Crippen molar-refractivity contribution < 1.29 is 19.0 Å². The molecule has 0 aromatic heterocycles. The summed E-state index contributed by atoms with van der Waals surface area (Å²) in [7, 11) is 3.16. The van der Waals surface area contributed by atoms with E-state index in [0.717, 1.165) is 16.9 Å². The molecule has 0 aliphatic rings. The van der Waals surface area contributed by atoms with E-state index < -0.39 is 0 Å². The Bertz CT molecular complexity index is 668. The Kier molecular flexibility index (Phi) is 6.49. The number of hydrogen-bond acceptors (Lipinski definition) is 4. The van der Waals surface area contributed by atoms with Crippen molar-refractivity contribution in [2.24, 2.45) is 0 Å². The molecule has 2 aromatic carbocycles. The lowest BCUT2D eigenvalue weighted by atomic mass is 10.1. The molecule has 0 saturated carbocycles. The van der Waals surface area contributed by atoms with Crippen LogP contribution in [0, 0.1) is 0 Å². The number of amides is 1. The summed E-state index contributed by atoms with van der Waals surface area (Å²) >= 11 is 0. The van der Waals surface area contributed by atoms with Gasteiger partial charge < -0.3 is 19.5 Å². The zero-order valence-electron chi connectivity index (χ0n) is 14.3. The quantitative estimate of drug-likeness (QED) is 0.809. The predicted molar refractivity (Wildman–Crippen MR) is 92.7 cm³/mol. The maximum Gasteiger partial charge on any atom is 0.224 e. The Hall–Kier alpha value is -2.69. The molecule has 0 aliphatic carbocycles. The van der Waals surface area contributed by atoms with Crippen LogP contribution >= 0.6 is 0 Å². The molecule has 2 rings (SSSR count). The summed E-state index contributed by atoms with van der Waals surface area (Å²) in [5, 5.41) is 2.91. The summed E-state index contributed by atoms with van der Waals surface area (Å²) < 4.78 is 15.8. The molecule has 128 valence electrons. The van der Waals surface area contributed by atoms with Gasteiger partial charge in [-0.3, -0.25) is 4.79 Å². The zero-order chi connectivity index (χ0) is 17.4. The van der Waals surface area contributed by atoms with Crippen molar-refractivity contribution in [2.75, 3.05) is 20.8 Å². The second-order valence-electron chi connectivity index (χ2n) is 5.22. The molecule has 5 nitrogen and oxygen atoms in total. The fraction of sp³-hybridized carbons (Fsp3) is 0.316. The van der Waals surface area contributed by atoms with Gasteiger partial charge in [0.25, 0.3) is 0 Å². The number of methoxy groups -OCH3 is 2. The minimum absolute atomic E-state index is 0.0453. The lowest BCUT2D eigenvalue weighted by molar-refractivity contribution is -0.120. The van der Waals surface area contributed by atoms with Crippen LogP contribution in [0.1, 0.15) is 18.1 Å². The second kappa shape index (κ2) is 8.82. The zero-order valence-corrected chi connectivity index (χ0v) is 14.3. The molecular formula is C19H23NO4. The van der Waals surface area contributed by atoms with E-state index in [1.807, 2.05) is 43.3 Å². The minimum atomic E-state index is -0.0453. The van der Waals surface area contributed by atoms with E-state index in [1.165, 1.54) is 0 Å². The summed E-state index contributed by atoms with van der Waals surface area (Å²) in [5.74, 6) is 2.05. The first kappa shape index (κ1) is 17.7. The fourth-order valence-electron chi connectivity index (χ4n) is 2.31. The van der Waals surface area contributed by atoms with E-state index in [9.17, 15) is 4.79 Å². The summed E-state index contributed by atoms with van der Waals surface area (Å²) in [6.45, 7) is 3.07.